The minimum Gasteiger partial charge on any atom is -0.381 e. The summed E-state index contributed by atoms with van der Waals surface area (Å²) in [6.45, 7) is 9.50. The third kappa shape index (κ3) is 11.1. The number of aliphatic imine (C=N–C) groups is 1. The van der Waals surface area contributed by atoms with Crippen LogP contribution in [0.4, 0.5) is 5.69 Å². The Balaban J connectivity index is 0.00000450. The molecule has 1 aliphatic rings. The van der Waals surface area contributed by atoms with E-state index in [1.807, 2.05) is 31.2 Å². The molecule has 0 aromatic heterocycles. The highest BCUT2D eigenvalue weighted by Gasteiger charge is 2.15. The van der Waals surface area contributed by atoms with Gasteiger partial charge in [0.1, 0.15) is 0 Å². The standard InChI is InChI=1S/C22H36N4O3.HI/c1-3-6-21(27)26-20-9-7-18(8-10-20)15-25-22(23-4-2)24-12-5-13-28-16-19-11-14-29-17-19;/h7-10,19H,3-6,11-17H2,1-2H3,(H,26,27)(H2,23,24,25);1H. The topological polar surface area (TPSA) is 84.0 Å². The van der Waals surface area contributed by atoms with Crippen molar-refractivity contribution >= 4 is 41.5 Å². The number of halogens is 1. The molecule has 30 heavy (non-hydrogen) atoms. The average Bonchev–Trinajstić information content (AvgIpc) is 3.23. The molecule has 1 heterocycles. The predicted molar refractivity (Wildman–Crippen MR) is 133 cm³/mol. The molecular weight excluding hydrogens is 495 g/mol. The number of carbonyl (C=O) groups is 1. The summed E-state index contributed by atoms with van der Waals surface area (Å²) >= 11 is 0. The van der Waals surface area contributed by atoms with Crippen LogP contribution in [0.2, 0.25) is 0 Å². The monoisotopic (exact) mass is 532 g/mol. The zero-order chi connectivity index (χ0) is 20.7. The molecule has 1 amide bonds. The van der Waals surface area contributed by atoms with E-state index in [4.69, 9.17) is 9.47 Å². The second-order valence-electron chi connectivity index (χ2n) is 7.28. The molecule has 0 saturated carbocycles. The van der Waals surface area contributed by atoms with Gasteiger partial charge in [-0.1, -0.05) is 19.1 Å². The van der Waals surface area contributed by atoms with E-state index in [0.29, 0.717) is 18.9 Å². The Labute approximate surface area is 197 Å². The molecule has 7 nitrogen and oxygen atoms in total. The van der Waals surface area contributed by atoms with Gasteiger partial charge in [0.15, 0.2) is 5.96 Å². The third-order valence-corrected chi connectivity index (χ3v) is 4.61. The van der Waals surface area contributed by atoms with Crippen molar-refractivity contribution in [2.24, 2.45) is 10.9 Å². The van der Waals surface area contributed by atoms with Gasteiger partial charge in [-0.3, -0.25) is 4.79 Å². The first-order chi connectivity index (χ1) is 14.2. The van der Waals surface area contributed by atoms with E-state index in [1.54, 1.807) is 0 Å². The quantitative estimate of drug-likeness (QED) is 0.166. The van der Waals surface area contributed by atoms with Crippen LogP contribution in [0.15, 0.2) is 29.3 Å². The molecule has 1 aliphatic heterocycles. The van der Waals surface area contributed by atoms with Crippen molar-refractivity contribution in [2.45, 2.75) is 46.1 Å². The number of amides is 1. The largest absolute Gasteiger partial charge is 0.381 e. The van der Waals surface area contributed by atoms with Gasteiger partial charge >= 0.3 is 0 Å². The van der Waals surface area contributed by atoms with Crippen molar-refractivity contribution in [1.82, 2.24) is 10.6 Å². The van der Waals surface area contributed by atoms with Crippen molar-refractivity contribution in [3.63, 3.8) is 0 Å². The number of hydrogen-bond donors (Lipinski definition) is 3. The van der Waals surface area contributed by atoms with Gasteiger partial charge in [0.2, 0.25) is 5.91 Å². The molecular formula is C22H37IN4O3. The van der Waals surface area contributed by atoms with Gasteiger partial charge in [0.05, 0.1) is 19.8 Å². The lowest BCUT2D eigenvalue weighted by atomic mass is 10.1. The Morgan fingerprint density at radius 2 is 2.03 bits per heavy atom. The Kier molecular flexibility index (Phi) is 14.5. The van der Waals surface area contributed by atoms with Crippen molar-refractivity contribution in [2.75, 3.05) is 44.8 Å². The summed E-state index contributed by atoms with van der Waals surface area (Å²) in [6.07, 6.45) is 3.44. The van der Waals surface area contributed by atoms with Gasteiger partial charge in [0.25, 0.3) is 0 Å². The highest BCUT2D eigenvalue weighted by molar-refractivity contribution is 14.0. The minimum absolute atomic E-state index is 0. The van der Waals surface area contributed by atoms with E-state index in [-0.39, 0.29) is 29.9 Å². The van der Waals surface area contributed by atoms with Crippen LogP contribution in [0.25, 0.3) is 0 Å². The lowest BCUT2D eigenvalue weighted by Crippen LogP contribution is -2.38. The summed E-state index contributed by atoms with van der Waals surface area (Å²) in [5.74, 6) is 1.42. The number of hydrogen-bond acceptors (Lipinski definition) is 4. The van der Waals surface area contributed by atoms with Crippen molar-refractivity contribution < 1.29 is 14.3 Å². The van der Waals surface area contributed by atoms with Crippen molar-refractivity contribution in [3.05, 3.63) is 29.8 Å². The highest BCUT2D eigenvalue weighted by Crippen LogP contribution is 2.12. The average molecular weight is 532 g/mol. The first-order valence-corrected chi connectivity index (χ1v) is 10.8. The lowest BCUT2D eigenvalue weighted by molar-refractivity contribution is -0.116. The summed E-state index contributed by atoms with van der Waals surface area (Å²) in [5.41, 5.74) is 1.92. The third-order valence-electron chi connectivity index (χ3n) is 4.61. The number of guanidine groups is 1. The summed E-state index contributed by atoms with van der Waals surface area (Å²) < 4.78 is 11.1. The molecule has 1 fully saturated rings. The number of anilines is 1. The molecule has 1 aromatic carbocycles. The van der Waals surface area contributed by atoms with Gasteiger partial charge in [-0.15, -0.1) is 24.0 Å². The van der Waals surface area contributed by atoms with Crippen LogP contribution in [0, 0.1) is 5.92 Å². The molecule has 0 spiro atoms. The number of carbonyl (C=O) groups excluding carboxylic acids is 1. The van der Waals surface area contributed by atoms with Crippen LogP contribution in [0.3, 0.4) is 0 Å². The Morgan fingerprint density at radius 3 is 2.70 bits per heavy atom. The minimum atomic E-state index is 0. The van der Waals surface area contributed by atoms with Crippen LogP contribution in [-0.2, 0) is 20.8 Å². The lowest BCUT2D eigenvalue weighted by Gasteiger charge is -2.12. The van der Waals surface area contributed by atoms with Crippen LogP contribution in [0.1, 0.15) is 45.1 Å². The van der Waals surface area contributed by atoms with Crippen LogP contribution in [-0.4, -0.2) is 51.4 Å². The summed E-state index contributed by atoms with van der Waals surface area (Å²) in [7, 11) is 0. The molecule has 0 bridgehead atoms. The number of benzene rings is 1. The fraction of sp³-hybridized carbons (Fsp3) is 0.636. The number of ether oxygens (including phenoxy) is 2. The van der Waals surface area contributed by atoms with Gasteiger partial charge in [-0.05, 0) is 43.9 Å². The number of nitrogens with one attached hydrogen (secondary N) is 3. The van der Waals surface area contributed by atoms with E-state index in [9.17, 15) is 4.79 Å². The maximum absolute atomic E-state index is 11.7. The molecule has 3 N–H and O–H groups in total. The SMILES string of the molecule is CCCC(=O)Nc1ccc(CN=C(NCC)NCCCOCC2CCOC2)cc1.I. The Morgan fingerprint density at radius 1 is 1.23 bits per heavy atom. The molecule has 2 rings (SSSR count). The molecule has 8 heteroatoms. The number of rotatable bonds is 12. The molecule has 0 aliphatic carbocycles. The molecule has 0 radical (unpaired) electrons. The maximum Gasteiger partial charge on any atom is 0.224 e. The van der Waals surface area contributed by atoms with Crippen LogP contribution < -0.4 is 16.0 Å². The molecule has 1 aromatic rings. The van der Waals surface area contributed by atoms with E-state index in [0.717, 1.165) is 76.0 Å². The van der Waals surface area contributed by atoms with Crippen LogP contribution in [0.5, 0.6) is 0 Å². The van der Waals surface area contributed by atoms with Gasteiger partial charge in [-0.25, -0.2) is 4.99 Å². The molecule has 170 valence electrons. The second-order valence-corrected chi connectivity index (χ2v) is 7.28. The Hall–Kier alpha value is -1.39. The zero-order valence-electron chi connectivity index (χ0n) is 18.2. The summed E-state index contributed by atoms with van der Waals surface area (Å²) in [4.78, 5) is 16.3. The summed E-state index contributed by atoms with van der Waals surface area (Å²) in [5, 5.41) is 9.51. The van der Waals surface area contributed by atoms with Crippen LogP contribution >= 0.6 is 24.0 Å². The smallest absolute Gasteiger partial charge is 0.224 e. The van der Waals surface area contributed by atoms with E-state index >= 15 is 0 Å². The first kappa shape index (κ1) is 26.6. The molecule has 1 atom stereocenters. The first-order valence-electron chi connectivity index (χ1n) is 10.8. The molecule has 1 saturated heterocycles. The maximum atomic E-state index is 11.7. The zero-order valence-corrected chi connectivity index (χ0v) is 20.6. The van der Waals surface area contributed by atoms with Gasteiger partial charge in [-0.2, -0.15) is 0 Å². The second kappa shape index (κ2) is 16.3. The fourth-order valence-electron chi connectivity index (χ4n) is 3.00. The van der Waals surface area contributed by atoms with Gasteiger partial charge in [0, 0.05) is 44.3 Å². The van der Waals surface area contributed by atoms with Gasteiger partial charge < -0.3 is 25.4 Å². The normalized spacial score (nSPS) is 16.1. The Bertz CT molecular complexity index is 619. The fourth-order valence-corrected chi connectivity index (χ4v) is 3.00. The predicted octanol–water partition coefficient (Wildman–Crippen LogP) is 3.54. The van der Waals surface area contributed by atoms with E-state index < -0.39 is 0 Å². The summed E-state index contributed by atoms with van der Waals surface area (Å²) in [6, 6.07) is 7.83. The van der Waals surface area contributed by atoms with Crippen molar-refractivity contribution in [1.29, 1.82) is 0 Å². The van der Waals surface area contributed by atoms with E-state index in [2.05, 4.69) is 27.9 Å². The number of nitrogens with zero attached hydrogens (tertiary/aromatic N) is 1. The highest BCUT2D eigenvalue weighted by atomic mass is 127. The van der Waals surface area contributed by atoms with Crippen molar-refractivity contribution in [3.8, 4) is 0 Å². The van der Waals surface area contributed by atoms with E-state index in [1.165, 1.54) is 0 Å². The molecule has 1 unspecified atom stereocenters.